The number of primary amides is 1. The second kappa shape index (κ2) is 5.39. The first kappa shape index (κ1) is 12.9. The molecule has 0 saturated heterocycles. The molecule has 0 aliphatic heterocycles. The molecule has 2 rings (SSSR count). The number of halogens is 1. The Hall–Kier alpha value is -2.56. The summed E-state index contributed by atoms with van der Waals surface area (Å²) < 4.78 is 13.6. The molecule has 0 unspecified atom stereocenters. The Morgan fingerprint density at radius 3 is 2.68 bits per heavy atom. The third-order valence-corrected chi connectivity index (χ3v) is 2.71. The maximum atomic E-state index is 13.6. The monoisotopic (exact) mass is 260 g/mol. The molecule has 0 spiro atoms. The summed E-state index contributed by atoms with van der Waals surface area (Å²) in [4.78, 5) is 11.0. The van der Waals surface area contributed by atoms with E-state index < -0.39 is 11.7 Å². The zero-order valence-corrected chi connectivity index (χ0v) is 10.1. The average Bonchev–Trinajstić information content (AvgIpc) is 2.39. The number of rotatable bonds is 4. The van der Waals surface area contributed by atoms with Crippen molar-refractivity contribution in [2.45, 2.75) is 6.54 Å². The minimum absolute atomic E-state index is 0.126. The van der Waals surface area contributed by atoms with Crippen molar-refractivity contribution in [3.63, 3.8) is 0 Å². The highest BCUT2D eigenvalue weighted by Crippen LogP contribution is 2.20. The van der Waals surface area contributed by atoms with Gasteiger partial charge in [-0.05, 0) is 24.3 Å². The van der Waals surface area contributed by atoms with Gasteiger partial charge in [0.15, 0.2) is 0 Å². The smallest absolute Gasteiger partial charge is 0.248 e. The molecule has 0 saturated carbocycles. The van der Waals surface area contributed by atoms with Crippen LogP contribution in [0.3, 0.4) is 0 Å². The highest BCUT2D eigenvalue weighted by molar-refractivity contribution is 5.93. The number of benzene rings is 2. The first-order valence-corrected chi connectivity index (χ1v) is 5.68. The van der Waals surface area contributed by atoms with Gasteiger partial charge in [-0.2, -0.15) is 0 Å². The van der Waals surface area contributed by atoms with Crippen molar-refractivity contribution in [2.75, 3.05) is 5.32 Å². The number of carbonyl (C=O) groups is 1. The largest absolute Gasteiger partial charge is 0.508 e. The van der Waals surface area contributed by atoms with E-state index in [1.54, 1.807) is 24.3 Å². The van der Waals surface area contributed by atoms with Crippen LogP contribution in [0.4, 0.5) is 10.1 Å². The summed E-state index contributed by atoms with van der Waals surface area (Å²) in [5, 5.41) is 12.4. The van der Waals surface area contributed by atoms with Gasteiger partial charge in [-0.3, -0.25) is 4.79 Å². The number of carbonyl (C=O) groups excluding carboxylic acids is 1. The number of hydrogen-bond acceptors (Lipinski definition) is 3. The van der Waals surface area contributed by atoms with Gasteiger partial charge in [0.2, 0.25) is 5.91 Å². The maximum absolute atomic E-state index is 13.6. The van der Waals surface area contributed by atoms with Gasteiger partial charge in [0.25, 0.3) is 0 Å². The molecule has 5 heteroatoms. The van der Waals surface area contributed by atoms with Gasteiger partial charge in [-0.1, -0.05) is 18.2 Å². The van der Waals surface area contributed by atoms with Crippen molar-refractivity contribution in [3.8, 4) is 5.75 Å². The van der Waals surface area contributed by atoms with Crippen LogP contribution in [0.25, 0.3) is 0 Å². The third-order valence-electron chi connectivity index (χ3n) is 2.71. The standard InChI is InChI=1S/C14H13FN2O2/c15-11-6-5-9(14(16)19)7-12(11)17-8-10-3-1-2-4-13(10)18/h1-7,17-18H,8H2,(H2,16,19). The first-order chi connectivity index (χ1) is 9.08. The topological polar surface area (TPSA) is 75.4 Å². The SMILES string of the molecule is NC(=O)c1ccc(F)c(NCc2ccccc2O)c1. The van der Waals surface area contributed by atoms with Gasteiger partial charge in [-0.15, -0.1) is 0 Å². The lowest BCUT2D eigenvalue weighted by Gasteiger charge is -2.09. The second-order valence-corrected chi connectivity index (χ2v) is 4.04. The number of anilines is 1. The molecular weight excluding hydrogens is 247 g/mol. The molecular formula is C14H13FN2O2. The minimum atomic E-state index is -0.620. The van der Waals surface area contributed by atoms with E-state index in [0.29, 0.717) is 5.56 Å². The molecule has 0 radical (unpaired) electrons. The van der Waals surface area contributed by atoms with Crippen LogP contribution in [0.1, 0.15) is 15.9 Å². The molecule has 0 heterocycles. The van der Waals surface area contributed by atoms with E-state index in [1.165, 1.54) is 18.2 Å². The second-order valence-electron chi connectivity index (χ2n) is 4.04. The fourth-order valence-corrected chi connectivity index (χ4v) is 1.66. The molecule has 4 N–H and O–H groups in total. The van der Waals surface area contributed by atoms with Crippen LogP contribution >= 0.6 is 0 Å². The number of nitrogens with two attached hydrogens (primary N) is 1. The number of phenols is 1. The minimum Gasteiger partial charge on any atom is -0.508 e. The number of amides is 1. The lowest BCUT2D eigenvalue weighted by molar-refractivity contribution is 0.100. The fraction of sp³-hybridized carbons (Fsp3) is 0.0714. The zero-order valence-electron chi connectivity index (χ0n) is 10.1. The van der Waals surface area contributed by atoms with Crippen LogP contribution in [-0.4, -0.2) is 11.0 Å². The summed E-state index contributed by atoms with van der Waals surface area (Å²) in [6.07, 6.45) is 0. The van der Waals surface area contributed by atoms with Crippen molar-refractivity contribution in [1.82, 2.24) is 0 Å². The van der Waals surface area contributed by atoms with Gasteiger partial charge >= 0.3 is 0 Å². The van der Waals surface area contributed by atoms with Crippen molar-refractivity contribution in [2.24, 2.45) is 5.73 Å². The number of aromatic hydroxyl groups is 1. The molecule has 2 aromatic carbocycles. The van der Waals surface area contributed by atoms with Gasteiger partial charge < -0.3 is 16.2 Å². The molecule has 0 atom stereocenters. The van der Waals surface area contributed by atoms with Gasteiger partial charge in [0.1, 0.15) is 11.6 Å². The van der Waals surface area contributed by atoms with Crippen LogP contribution in [0.5, 0.6) is 5.75 Å². The third kappa shape index (κ3) is 3.01. The summed E-state index contributed by atoms with van der Waals surface area (Å²) in [5.74, 6) is -0.979. The number of para-hydroxylation sites is 1. The summed E-state index contributed by atoms with van der Waals surface area (Å²) in [5.41, 5.74) is 6.16. The summed E-state index contributed by atoms with van der Waals surface area (Å²) in [6, 6.07) is 10.6. The van der Waals surface area contributed by atoms with Crippen LogP contribution in [-0.2, 0) is 6.54 Å². The lowest BCUT2D eigenvalue weighted by Crippen LogP contribution is -2.12. The molecule has 0 aliphatic carbocycles. The quantitative estimate of drug-likeness (QED) is 0.789. The zero-order chi connectivity index (χ0) is 13.8. The Labute approximate surface area is 109 Å². The van der Waals surface area contributed by atoms with Crippen molar-refractivity contribution in [1.29, 1.82) is 0 Å². The normalized spacial score (nSPS) is 10.2. The number of hydrogen-bond donors (Lipinski definition) is 3. The molecule has 0 aromatic heterocycles. The Morgan fingerprint density at radius 1 is 1.26 bits per heavy atom. The molecule has 2 aromatic rings. The van der Waals surface area contributed by atoms with E-state index in [0.717, 1.165) is 0 Å². The number of nitrogens with one attached hydrogen (secondary N) is 1. The molecule has 98 valence electrons. The number of phenolic OH excluding ortho intramolecular Hbond substituents is 1. The van der Waals surface area contributed by atoms with E-state index in [4.69, 9.17) is 5.73 Å². The maximum Gasteiger partial charge on any atom is 0.248 e. The van der Waals surface area contributed by atoms with Crippen LogP contribution in [0.2, 0.25) is 0 Å². The average molecular weight is 260 g/mol. The van der Waals surface area contributed by atoms with E-state index in [9.17, 15) is 14.3 Å². The molecule has 0 fully saturated rings. The van der Waals surface area contributed by atoms with E-state index in [-0.39, 0.29) is 23.5 Å². The Morgan fingerprint density at radius 2 is 2.00 bits per heavy atom. The van der Waals surface area contributed by atoms with E-state index >= 15 is 0 Å². The molecule has 0 aliphatic rings. The molecule has 19 heavy (non-hydrogen) atoms. The van der Waals surface area contributed by atoms with Crippen LogP contribution in [0, 0.1) is 5.82 Å². The molecule has 4 nitrogen and oxygen atoms in total. The van der Waals surface area contributed by atoms with Crippen LogP contribution < -0.4 is 11.1 Å². The molecule has 0 bridgehead atoms. The lowest BCUT2D eigenvalue weighted by atomic mass is 10.1. The van der Waals surface area contributed by atoms with Gasteiger partial charge in [-0.25, -0.2) is 4.39 Å². The summed E-state index contributed by atoms with van der Waals surface area (Å²) in [6.45, 7) is 0.242. The fourth-order valence-electron chi connectivity index (χ4n) is 1.66. The highest BCUT2D eigenvalue weighted by Gasteiger charge is 2.07. The summed E-state index contributed by atoms with van der Waals surface area (Å²) in [7, 11) is 0. The Bertz CT molecular complexity index is 614. The highest BCUT2D eigenvalue weighted by atomic mass is 19.1. The Balaban J connectivity index is 2.17. The van der Waals surface area contributed by atoms with E-state index in [2.05, 4.69) is 5.32 Å². The predicted molar refractivity (Wildman–Crippen MR) is 70.4 cm³/mol. The van der Waals surface area contributed by atoms with Crippen molar-refractivity contribution < 1.29 is 14.3 Å². The first-order valence-electron chi connectivity index (χ1n) is 5.68. The van der Waals surface area contributed by atoms with Gasteiger partial charge in [0, 0.05) is 17.7 Å². The van der Waals surface area contributed by atoms with Crippen molar-refractivity contribution >= 4 is 11.6 Å². The van der Waals surface area contributed by atoms with Crippen molar-refractivity contribution in [3.05, 3.63) is 59.4 Å². The van der Waals surface area contributed by atoms with Crippen LogP contribution in [0.15, 0.2) is 42.5 Å². The predicted octanol–water partition coefficient (Wildman–Crippen LogP) is 2.24. The summed E-state index contributed by atoms with van der Waals surface area (Å²) >= 11 is 0. The molecule has 1 amide bonds. The van der Waals surface area contributed by atoms with Gasteiger partial charge in [0.05, 0.1) is 5.69 Å². The van der Waals surface area contributed by atoms with E-state index in [1.807, 2.05) is 0 Å². The Kier molecular flexibility index (Phi) is 3.66.